The first-order chi connectivity index (χ1) is 11.6. The lowest BCUT2D eigenvalue weighted by Crippen LogP contribution is -2.41. The Hall–Kier alpha value is -1.79. The summed E-state index contributed by atoms with van der Waals surface area (Å²) < 4.78 is 35.1. The summed E-state index contributed by atoms with van der Waals surface area (Å²) in [6.07, 6.45) is 0.157. The van der Waals surface area contributed by atoms with Gasteiger partial charge in [-0.25, -0.2) is 4.98 Å². The van der Waals surface area contributed by atoms with Crippen LogP contribution in [0.25, 0.3) is 0 Å². The lowest BCUT2D eigenvalue weighted by Gasteiger charge is -2.32. The van der Waals surface area contributed by atoms with Crippen molar-refractivity contribution in [2.75, 3.05) is 7.11 Å². The maximum atomic E-state index is 8.41. The third kappa shape index (κ3) is 3.14. The minimum absolute atomic E-state index is 0.0190. The molecule has 0 bridgehead atoms. The predicted molar refractivity (Wildman–Crippen MR) is 90.0 cm³/mol. The van der Waals surface area contributed by atoms with E-state index in [9.17, 15) is 0 Å². The normalized spacial score (nSPS) is 20.3. The van der Waals surface area contributed by atoms with Crippen LogP contribution in [0.5, 0.6) is 5.75 Å². The van der Waals surface area contributed by atoms with Gasteiger partial charge in [0, 0.05) is 12.7 Å². The molecule has 0 atom stereocenters. The summed E-state index contributed by atoms with van der Waals surface area (Å²) in [6, 6.07) is 7.53. The average Bonchev–Trinajstić information content (AvgIpc) is 2.94. The highest BCUT2D eigenvalue weighted by Gasteiger charge is 2.52. The molecule has 0 spiro atoms. The molecule has 0 radical (unpaired) electrons. The summed E-state index contributed by atoms with van der Waals surface area (Å²) in [5.41, 5.74) is 0.288. The molecule has 1 fully saturated rings. The highest BCUT2D eigenvalue weighted by molar-refractivity contribution is 6.61. The molecule has 1 saturated heterocycles. The van der Waals surface area contributed by atoms with Gasteiger partial charge in [0.15, 0.2) is 0 Å². The molecule has 6 heteroatoms. The number of hydrogen-bond acceptors (Lipinski definition) is 4. The number of nitrogens with zero attached hydrogens (tertiary/aromatic N) is 2. The van der Waals surface area contributed by atoms with Crippen LogP contribution in [0.15, 0.2) is 36.7 Å². The van der Waals surface area contributed by atoms with Crippen molar-refractivity contribution < 1.29 is 16.8 Å². The average molecular weight is 316 g/mol. The summed E-state index contributed by atoms with van der Waals surface area (Å²) in [5.74, 6) is 0.768. The molecule has 0 aliphatic carbocycles. The molecule has 0 unspecified atom stereocenters. The number of aromatic nitrogens is 2. The zero-order chi connectivity index (χ0) is 18.4. The number of rotatable bonds is 4. The standard InChI is InChI=1S/C17H23BN2O3/c1-16(2)17(3,4)23-18(22-16)15-11-20(12-19-15)10-13-6-8-14(21-5)9-7-13/h6-9,11-12H,10H2,1-5H3/i11D,12D. The van der Waals surface area contributed by atoms with Crippen molar-refractivity contribution >= 4 is 12.7 Å². The Labute approximate surface area is 140 Å². The number of hydrogen-bond donors (Lipinski definition) is 0. The van der Waals surface area contributed by atoms with Gasteiger partial charge in [-0.3, -0.25) is 0 Å². The topological polar surface area (TPSA) is 45.5 Å². The molecule has 1 aromatic heterocycles. The van der Waals surface area contributed by atoms with Gasteiger partial charge in [-0.15, -0.1) is 0 Å². The van der Waals surface area contributed by atoms with Crippen LogP contribution in [0.2, 0.25) is 0 Å². The summed E-state index contributed by atoms with van der Waals surface area (Å²) in [4.78, 5) is 4.22. The second-order valence-electron chi connectivity index (χ2n) is 6.73. The molecule has 5 nitrogen and oxygen atoms in total. The zero-order valence-electron chi connectivity index (χ0n) is 16.2. The van der Waals surface area contributed by atoms with E-state index in [0.717, 1.165) is 11.3 Å². The Balaban J connectivity index is 1.86. The van der Waals surface area contributed by atoms with Gasteiger partial charge in [0.05, 0.1) is 31.6 Å². The largest absolute Gasteiger partial charge is 0.516 e. The Morgan fingerprint density at radius 3 is 2.35 bits per heavy atom. The van der Waals surface area contributed by atoms with E-state index in [1.54, 1.807) is 7.11 Å². The van der Waals surface area contributed by atoms with Gasteiger partial charge in [-0.05, 0) is 45.4 Å². The number of benzene rings is 1. The first kappa shape index (κ1) is 13.6. The first-order valence-electron chi connectivity index (χ1n) is 8.67. The molecule has 3 rings (SSSR count). The van der Waals surface area contributed by atoms with Crippen molar-refractivity contribution in [3.63, 3.8) is 0 Å². The van der Waals surface area contributed by atoms with Gasteiger partial charge >= 0.3 is 7.12 Å². The van der Waals surface area contributed by atoms with Crippen molar-refractivity contribution in [2.45, 2.75) is 45.4 Å². The van der Waals surface area contributed by atoms with Crippen molar-refractivity contribution in [1.29, 1.82) is 0 Å². The summed E-state index contributed by atoms with van der Waals surface area (Å²) in [5, 5.41) is 0. The quantitative estimate of drug-likeness (QED) is 0.812. The lowest BCUT2D eigenvalue weighted by molar-refractivity contribution is 0.00578. The van der Waals surface area contributed by atoms with Gasteiger partial charge in [0.2, 0.25) is 0 Å². The molecule has 2 heterocycles. The van der Waals surface area contributed by atoms with Gasteiger partial charge in [0.25, 0.3) is 0 Å². The van der Waals surface area contributed by atoms with E-state index in [0.29, 0.717) is 12.1 Å². The highest BCUT2D eigenvalue weighted by atomic mass is 16.7. The zero-order valence-corrected chi connectivity index (χ0v) is 14.2. The van der Waals surface area contributed by atoms with E-state index < -0.39 is 18.3 Å². The van der Waals surface area contributed by atoms with Crippen LogP contribution in [0.1, 0.15) is 36.0 Å². The molecular formula is C17H23BN2O3. The van der Waals surface area contributed by atoms with Gasteiger partial charge in [-0.1, -0.05) is 12.1 Å². The third-order valence-corrected chi connectivity index (χ3v) is 4.52. The van der Waals surface area contributed by atoms with Crippen LogP contribution in [0, 0.1) is 0 Å². The molecule has 0 saturated carbocycles. The van der Waals surface area contributed by atoms with Crippen LogP contribution >= 0.6 is 0 Å². The fraction of sp³-hybridized carbons (Fsp3) is 0.471. The minimum atomic E-state index is -0.737. The molecule has 1 aliphatic rings. The van der Waals surface area contributed by atoms with Crippen LogP contribution < -0.4 is 10.3 Å². The lowest BCUT2D eigenvalue weighted by atomic mass is 9.86. The molecule has 2 aromatic rings. The second-order valence-corrected chi connectivity index (χ2v) is 6.73. The van der Waals surface area contributed by atoms with Crippen LogP contribution in [-0.2, 0) is 15.9 Å². The van der Waals surface area contributed by atoms with Gasteiger partial charge < -0.3 is 18.6 Å². The molecule has 1 aliphatic heterocycles. The van der Waals surface area contributed by atoms with E-state index in [4.69, 9.17) is 16.8 Å². The summed E-state index contributed by atoms with van der Waals surface area (Å²) in [7, 11) is 0.879. The van der Waals surface area contributed by atoms with Crippen LogP contribution in [0.4, 0.5) is 0 Å². The highest BCUT2D eigenvalue weighted by Crippen LogP contribution is 2.36. The molecule has 23 heavy (non-hydrogen) atoms. The fourth-order valence-corrected chi connectivity index (χ4v) is 2.35. The summed E-state index contributed by atoms with van der Waals surface area (Å²) >= 11 is 0. The molecule has 122 valence electrons. The Kier molecular flexibility index (Phi) is 3.37. The molecule has 1 aromatic carbocycles. The Morgan fingerprint density at radius 1 is 1.17 bits per heavy atom. The smallest absolute Gasteiger partial charge is 0.497 e. The summed E-state index contributed by atoms with van der Waals surface area (Å²) in [6.45, 7) is 8.19. The Bertz CT molecular complexity index is 759. The minimum Gasteiger partial charge on any atom is -0.497 e. The van der Waals surface area contributed by atoms with E-state index in [2.05, 4.69) is 4.98 Å². The van der Waals surface area contributed by atoms with E-state index in [-0.39, 0.29) is 12.5 Å². The van der Waals surface area contributed by atoms with Gasteiger partial charge in [-0.2, -0.15) is 0 Å². The molecule has 0 N–H and O–H groups in total. The van der Waals surface area contributed by atoms with Crippen molar-refractivity contribution in [1.82, 2.24) is 9.55 Å². The van der Waals surface area contributed by atoms with E-state index >= 15 is 0 Å². The van der Waals surface area contributed by atoms with E-state index in [1.807, 2.05) is 52.0 Å². The van der Waals surface area contributed by atoms with Crippen molar-refractivity contribution in [3.8, 4) is 5.75 Å². The number of imidazole rings is 1. The van der Waals surface area contributed by atoms with Crippen LogP contribution in [-0.4, -0.2) is 35.0 Å². The predicted octanol–water partition coefficient (Wildman–Crippen LogP) is 2.24. The second kappa shape index (κ2) is 5.69. The van der Waals surface area contributed by atoms with Crippen LogP contribution in [0.3, 0.4) is 0 Å². The number of ether oxygens (including phenoxy) is 1. The molecule has 0 amide bonds. The van der Waals surface area contributed by atoms with Gasteiger partial charge in [0.1, 0.15) is 7.12 Å². The Morgan fingerprint density at radius 2 is 1.78 bits per heavy atom. The molecular weight excluding hydrogens is 291 g/mol. The third-order valence-electron chi connectivity index (χ3n) is 4.52. The van der Waals surface area contributed by atoms with Crippen molar-refractivity contribution in [3.05, 3.63) is 42.3 Å². The van der Waals surface area contributed by atoms with Crippen molar-refractivity contribution in [2.24, 2.45) is 0 Å². The maximum absolute atomic E-state index is 8.41. The van der Waals surface area contributed by atoms with E-state index in [1.165, 1.54) is 4.57 Å². The fourth-order valence-electron chi connectivity index (χ4n) is 2.35. The monoisotopic (exact) mass is 316 g/mol. The SMILES string of the molecule is [2H]c1nc(B2OC(C)(C)C(C)(C)O2)c([2H])n1Cc1ccc(OC)cc1. The maximum Gasteiger partial charge on any atom is 0.516 e. The number of methoxy groups -OCH3 is 1. The first-order valence-corrected chi connectivity index (χ1v) is 7.67.